The van der Waals surface area contributed by atoms with Crippen LogP contribution in [0.25, 0.3) is 6.08 Å². The molecular weight excluding hydrogens is 425 g/mol. The smallest absolute Gasteiger partial charge is 0.268 e. The summed E-state index contributed by atoms with van der Waals surface area (Å²) in [6.45, 7) is -0.941. The minimum Gasteiger partial charge on any atom is -0.496 e. The second-order valence-electron chi connectivity index (χ2n) is 5.97. The second-order valence-corrected chi connectivity index (χ2v) is 8.22. The van der Waals surface area contributed by atoms with Crippen molar-refractivity contribution in [1.29, 1.82) is 0 Å². The lowest BCUT2D eigenvalue weighted by Crippen LogP contribution is -2.40. The topological polar surface area (TPSA) is 106 Å². The van der Waals surface area contributed by atoms with E-state index in [1.807, 2.05) is 0 Å². The molecule has 2 aromatic rings. The van der Waals surface area contributed by atoms with Crippen molar-refractivity contribution in [3.63, 3.8) is 0 Å². The molecule has 2 amide bonds. The van der Waals surface area contributed by atoms with Gasteiger partial charge in [0.05, 0.1) is 7.11 Å². The van der Waals surface area contributed by atoms with Gasteiger partial charge in [-0.1, -0.05) is 11.6 Å². The summed E-state index contributed by atoms with van der Waals surface area (Å²) in [6.07, 6.45) is 2.27. The fourth-order valence-corrected chi connectivity index (χ4v) is 4.06. The van der Waals surface area contributed by atoms with Gasteiger partial charge in [0.2, 0.25) is 5.91 Å². The van der Waals surface area contributed by atoms with E-state index in [1.54, 1.807) is 0 Å². The van der Waals surface area contributed by atoms with Gasteiger partial charge in [-0.25, -0.2) is 22.1 Å². The highest BCUT2D eigenvalue weighted by molar-refractivity contribution is 7.89. The number of nitrogens with zero attached hydrogens (tertiary/aromatic N) is 2. The molecule has 0 aliphatic carbocycles. The Morgan fingerprint density at radius 2 is 2.03 bits per heavy atom. The highest BCUT2D eigenvalue weighted by atomic mass is 35.5. The van der Waals surface area contributed by atoms with E-state index < -0.39 is 34.2 Å². The molecule has 0 unspecified atom stereocenters. The maximum atomic E-state index is 13.6. The maximum Gasteiger partial charge on any atom is 0.268 e. The van der Waals surface area contributed by atoms with Crippen LogP contribution >= 0.6 is 11.6 Å². The van der Waals surface area contributed by atoms with Crippen LogP contribution < -0.4 is 10.1 Å². The van der Waals surface area contributed by atoms with Crippen molar-refractivity contribution in [3.8, 4) is 5.75 Å². The van der Waals surface area contributed by atoms with Crippen LogP contribution in [-0.4, -0.2) is 49.7 Å². The minimum atomic E-state index is -4.38. The average Bonchev–Trinajstić information content (AvgIpc) is 2.82. The monoisotopic (exact) mass is 439 g/mol. The number of methoxy groups -OCH3 is 1. The Labute approximate surface area is 171 Å². The second kappa shape index (κ2) is 8.18. The number of ether oxygens (including phenoxy) is 1. The summed E-state index contributed by atoms with van der Waals surface area (Å²) in [6, 6.07) is 6.12. The number of benzene rings is 1. The molecule has 11 heteroatoms. The standard InChI is InChI=1S/C18H15ClFN3O5S/c1-28-15-4-2-13(20)7-11(15)6-12-8-22-17(24)10-23(18(12)25)29(26,27)14-3-5-16(19)21-9-14/h2-7,9H,8,10H2,1H3,(H,22,24)/b12-6+. The summed E-state index contributed by atoms with van der Waals surface area (Å²) in [5, 5.41) is 2.53. The molecule has 152 valence electrons. The molecule has 0 spiro atoms. The number of amides is 2. The van der Waals surface area contributed by atoms with Gasteiger partial charge in [-0.05, 0) is 36.4 Å². The molecule has 3 rings (SSSR count). The van der Waals surface area contributed by atoms with Crippen LogP contribution in [0.1, 0.15) is 5.56 Å². The number of carbonyl (C=O) groups is 2. The van der Waals surface area contributed by atoms with Gasteiger partial charge in [-0.2, -0.15) is 0 Å². The first-order chi connectivity index (χ1) is 13.7. The molecule has 1 aromatic heterocycles. The molecule has 2 heterocycles. The van der Waals surface area contributed by atoms with Crippen molar-refractivity contribution in [1.82, 2.24) is 14.6 Å². The van der Waals surface area contributed by atoms with Crippen molar-refractivity contribution in [3.05, 3.63) is 58.6 Å². The lowest BCUT2D eigenvalue weighted by atomic mass is 10.1. The van der Waals surface area contributed by atoms with Crippen LogP contribution in [0.4, 0.5) is 4.39 Å². The number of aromatic nitrogens is 1. The third kappa shape index (κ3) is 4.38. The van der Waals surface area contributed by atoms with Gasteiger partial charge in [0.1, 0.15) is 28.2 Å². The van der Waals surface area contributed by atoms with Crippen molar-refractivity contribution in [2.75, 3.05) is 20.2 Å². The van der Waals surface area contributed by atoms with Crippen LogP contribution in [-0.2, 0) is 19.6 Å². The molecule has 29 heavy (non-hydrogen) atoms. The van der Waals surface area contributed by atoms with Crippen LogP contribution in [0.2, 0.25) is 5.15 Å². The lowest BCUT2D eigenvalue weighted by Gasteiger charge is -2.20. The zero-order valence-corrected chi connectivity index (χ0v) is 16.6. The fourth-order valence-electron chi connectivity index (χ4n) is 2.64. The normalized spacial score (nSPS) is 16.5. The summed E-state index contributed by atoms with van der Waals surface area (Å²) < 4.78 is 45.0. The Kier molecular flexibility index (Phi) is 5.85. The Morgan fingerprint density at radius 1 is 1.28 bits per heavy atom. The van der Waals surface area contributed by atoms with Crippen molar-refractivity contribution < 1.29 is 27.1 Å². The van der Waals surface area contributed by atoms with E-state index in [-0.39, 0.29) is 33.5 Å². The number of hydrogen-bond donors (Lipinski definition) is 1. The molecule has 0 bridgehead atoms. The first-order valence-electron chi connectivity index (χ1n) is 8.22. The average molecular weight is 440 g/mol. The highest BCUT2D eigenvalue weighted by Crippen LogP contribution is 2.25. The van der Waals surface area contributed by atoms with E-state index in [1.165, 1.54) is 37.5 Å². The van der Waals surface area contributed by atoms with Gasteiger partial charge in [0.25, 0.3) is 15.9 Å². The van der Waals surface area contributed by atoms with Gasteiger partial charge in [0, 0.05) is 23.9 Å². The molecule has 8 nitrogen and oxygen atoms in total. The molecular formula is C18H15ClFN3O5S. The predicted molar refractivity (Wildman–Crippen MR) is 102 cm³/mol. The van der Waals surface area contributed by atoms with Crippen LogP contribution in [0.15, 0.2) is 47.0 Å². The third-order valence-electron chi connectivity index (χ3n) is 4.07. The highest BCUT2D eigenvalue weighted by Gasteiger charge is 2.35. The molecule has 0 atom stereocenters. The largest absolute Gasteiger partial charge is 0.496 e. The van der Waals surface area contributed by atoms with E-state index in [9.17, 15) is 22.4 Å². The Balaban J connectivity index is 2.06. The van der Waals surface area contributed by atoms with Crippen LogP contribution in [0.3, 0.4) is 0 Å². The zero-order valence-electron chi connectivity index (χ0n) is 15.1. The SMILES string of the molecule is COc1ccc(F)cc1/C=C1\CNC(=O)CN(S(=O)(=O)c2ccc(Cl)nc2)C1=O. The summed E-state index contributed by atoms with van der Waals surface area (Å²) in [4.78, 5) is 28.4. The number of pyridine rings is 1. The number of sulfonamides is 1. The van der Waals surface area contributed by atoms with E-state index in [0.29, 0.717) is 4.31 Å². The van der Waals surface area contributed by atoms with E-state index in [4.69, 9.17) is 16.3 Å². The molecule has 1 fully saturated rings. The number of nitrogens with one attached hydrogen (secondary N) is 1. The van der Waals surface area contributed by atoms with Gasteiger partial charge in [-0.15, -0.1) is 0 Å². The molecule has 0 saturated carbocycles. The van der Waals surface area contributed by atoms with Crippen molar-refractivity contribution >= 4 is 39.5 Å². The first-order valence-corrected chi connectivity index (χ1v) is 10.0. The third-order valence-corrected chi connectivity index (χ3v) is 6.01. The fraction of sp³-hybridized carbons (Fsp3) is 0.167. The van der Waals surface area contributed by atoms with Crippen molar-refractivity contribution in [2.24, 2.45) is 0 Å². The maximum absolute atomic E-state index is 13.6. The van der Waals surface area contributed by atoms with E-state index in [2.05, 4.69) is 10.3 Å². The van der Waals surface area contributed by atoms with Crippen LogP contribution in [0.5, 0.6) is 5.75 Å². The lowest BCUT2D eigenvalue weighted by molar-refractivity contribution is -0.127. The van der Waals surface area contributed by atoms with Gasteiger partial charge < -0.3 is 10.1 Å². The molecule has 1 saturated heterocycles. The Morgan fingerprint density at radius 3 is 2.69 bits per heavy atom. The van der Waals surface area contributed by atoms with E-state index in [0.717, 1.165) is 12.3 Å². The van der Waals surface area contributed by atoms with Crippen LogP contribution in [0, 0.1) is 5.82 Å². The summed E-state index contributed by atoms with van der Waals surface area (Å²) in [5.74, 6) is -1.89. The van der Waals surface area contributed by atoms with Gasteiger partial charge >= 0.3 is 0 Å². The molecule has 1 aromatic carbocycles. The quantitative estimate of drug-likeness (QED) is 0.573. The van der Waals surface area contributed by atoms with E-state index >= 15 is 0 Å². The zero-order chi connectivity index (χ0) is 21.2. The summed E-state index contributed by atoms with van der Waals surface area (Å²) in [5.41, 5.74) is 0.155. The van der Waals surface area contributed by atoms with Gasteiger partial charge in [0.15, 0.2) is 0 Å². The number of rotatable bonds is 4. The molecule has 0 radical (unpaired) electrons. The molecule has 1 aliphatic rings. The number of hydrogen-bond acceptors (Lipinski definition) is 6. The first kappa shape index (κ1) is 20.7. The minimum absolute atomic E-state index is 0.0646. The molecule has 1 N–H and O–H groups in total. The number of carbonyl (C=O) groups excluding carboxylic acids is 2. The Hall–Kier alpha value is -2.98. The summed E-state index contributed by atoms with van der Waals surface area (Å²) in [7, 11) is -3.01. The van der Waals surface area contributed by atoms with Crippen molar-refractivity contribution in [2.45, 2.75) is 4.90 Å². The Bertz CT molecular complexity index is 1100. The number of halogens is 2. The van der Waals surface area contributed by atoms with Gasteiger partial charge in [-0.3, -0.25) is 9.59 Å². The molecule has 1 aliphatic heterocycles. The predicted octanol–water partition coefficient (Wildman–Crippen LogP) is 1.61. The summed E-state index contributed by atoms with van der Waals surface area (Å²) >= 11 is 5.68.